The summed E-state index contributed by atoms with van der Waals surface area (Å²) < 4.78 is 5.34. The Morgan fingerprint density at radius 1 is 1.21 bits per heavy atom. The number of nitrogens with one attached hydrogen (secondary N) is 1. The molecule has 7 heteroatoms. The van der Waals surface area contributed by atoms with Crippen LogP contribution >= 0.6 is 0 Å². The molecule has 0 bridgehead atoms. The van der Waals surface area contributed by atoms with Crippen molar-refractivity contribution in [1.82, 2.24) is 4.90 Å². The lowest BCUT2D eigenvalue weighted by molar-refractivity contribution is -0.136. The molecule has 1 aromatic carbocycles. The Kier molecular flexibility index (Phi) is 6.17. The smallest absolute Gasteiger partial charge is 0.417 e. The summed E-state index contributed by atoms with van der Waals surface area (Å²) in [5.74, 6) is -0.998. The molecule has 1 saturated carbocycles. The minimum atomic E-state index is -0.998. The second-order valence-electron chi connectivity index (χ2n) is 5.86. The molecule has 2 rings (SSSR count). The Morgan fingerprint density at radius 2 is 1.88 bits per heavy atom. The Balaban J connectivity index is 1.95. The Hall–Kier alpha value is -2.57. The second-order valence-corrected chi connectivity index (χ2v) is 5.86. The maximum atomic E-state index is 12.2. The third-order valence-corrected chi connectivity index (χ3v) is 4.00. The van der Waals surface area contributed by atoms with Crippen LogP contribution in [0, 0.1) is 0 Å². The highest BCUT2D eigenvalue weighted by molar-refractivity contribution is 5.99. The van der Waals surface area contributed by atoms with Gasteiger partial charge in [-0.25, -0.2) is 14.5 Å². The maximum Gasteiger partial charge on any atom is 0.417 e. The zero-order chi connectivity index (χ0) is 17.5. The summed E-state index contributed by atoms with van der Waals surface area (Å²) in [5.41, 5.74) is 0.828. The third-order valence-electron chi connectivity index (χ3n) is 4.00. The Bertz CT molecular complexity index is 611. The zero-order valence-corrected chi connectivity index (χ0v) is 13.7. The van der Waals surface area contributed by atoms with Gasteiger partial charge in [-0.2, -0.15) is 0 Å². The number of ether oxygens (including phenoxy) is 1. The number of amides is 3. The molecule has 0 spiro atoms. The van der Waals surface area contributed by atoms with E-state index in [-0.39, 0.29) is 12.5 Å². The average molecular weight is 334 g/mol. The highest BCUT2D eigenvalue weighted by atomic mass is 16.6. The number of aliphatic carboxylic acids is 1. The van der Waals surface area contributed by atoms with Crippen LogP contribution in [0.4, 0.5) is 15.3 Å². The molecule has 1 aliphatic rings. The van der Waals surface area contributed by atoms with E-state index in [1.165, 1.54) is 7.05 Å². The summed E-state index contributed by atoms with van der Waals surface area (Å²) in [7, 11) is 1.33. The van der Waals surface area contributed by atoms with E-state index < -0.39 is 18.1 Å². The minimum Gasteiger partial charge on any atom is -0.481 e. The Morgan fingerprint density at radius 3 is 2.54 bits per heavy atom. The molecule has 0 aliphatic heterocycles. The summed E-state index contributed by atoms with van der Waals surface area (Å²) in [6, 6.07) is 5.92. The van der Waals surface area contributed by atoms with Gasteiger partial charge < -0.3 is 15.2 Å². The fourth-order valence-corrected chi connectivity index (χ4v) is 2.65. The maximum absolute atomic E-state index is 12.2. The largest absolute Gasteiger partial charge is 0.481 e. The number of carboxylic acids is 1. The van der Waals surface area contributed by atoms with Gasteiger partial charge in [0, 0.05) is 12.7 Å². The summed E-state index contributed by atoms with van der Waals surface area (Å²) in [6.45, 7) is 0. The van der Waals surface area contributed by atoms with E-state index in [2.05, 4.69) is 5.32 Å². The van der Waals surface area contributed by atoms with E-state index >= 15 is 0 Å². The van der Waals surface area contributed by atoms with E-state index in [1.807, 2.05) is 0 Å². The fraction of sp³-hybridized carbons (Fsp3) is 0.471. The topological polar surface area (TPSA) is 95.9 Å². The van der Waals surface area contributed by atoms with Gasteiger partial charge in [0.25, 0.3) is 0 Å². The van der Waals surface area contributed by atoms with Crippen molar-refractivity contribution in [3.63, 3.8) is 0 Å². The van der Waals surface area contributed by atoms with Gasteiger partial charge in [0.2, 0.25) is 0 Å². The van der Waals surface area contributed by atoms with Gasteiger partial charge in [-0.15, -0.1) is 0 Å². The third kappa shape index (κ3) is 4.97. The molecule has 7 nitrogen and oxygen atoms in total. The van der Waals surface area contributed by atoms with Gasteiger partial charge in [0.15, 0.2) is 0 Å². The monoisotopic (exact) mass is 334 g/mol. The fourth-order valence-electron chi connectivity index (χ4n) is 2.65. The van der Waals surface area contributed by atoms with E-state index in [4.69, 9.17) is 9.84 Å². The van der Waals surface area contributed by atoms with Crippen LogP contribution < -0.4 is 5.32 Å². The number of rotatable bonds is 4. The van der Waals surface area contributed by atoms with Crippen molar-refractivity contribution >= 4 is 23.8 Å². The molecule has 0 aromatic heterocycles. The summed E-state index contributed by atoms with van der Waals surface area (Å²) in [5, 5.41) is 11.5. The number of para-hydroxylation sites is 1. The van der Waals surface area contributed by atoms with Gasteiger partial charge >= 0.3 is 18.1 Å². The van der Waals surface area contributed by atoms with Gasteiger partial charge in [-0.3, -0.25) is 4.79 Å². The molecule has 0 radical (unpaired) electrons. The van der Waals surface area contributed by atoms with Gasteiger partial charge in [-0.05, 0) is 37.3 Å². The van der Waals surface area contributed by atoms with Crippen LogP contribution in [-0.4, -0.2) is 41.3 Å². The quantitative estimate of drug-likeness (QED) is 0.881. The van der Waals surface area contributed by atoms with Crippen LogP contribution in [0.2, 0.25) is 0 Å². The number of nitrogens with zero attached hydrogens (tertiary/aromatic N) is 1. The number of carbonyl (C=O) groups is 3. The van der Waals surface area contributed by atoms with Crippen molar-refractivity contribution in [2.45, 2.75) is 44.6 Å². The van der Waals surface area contributed by atoms with Crippen LogP contribution in [-0.2, 0) is 16.0 Å². The van der Waals surface area contributed by atoms with Gasteiger partial charge in [0.1, 0.15) is 6.10 Å². The van der Waals surface area contributed by atoms with Crippen molar-refractivity contribution in [3.8, 4) is 0 Å². The van der Waals surface area contributed by atoms with Crippen LogP contribution in [0.25, 0.3) is 0 Å². The van der Waals surface area contributed by atoms with Crippen LogP contribution in [0.1, 0.15) is 37.7 Å². The number of urea groups is 1. The van der Waals surface area contributed by atoms with Crippen molar-refractivity contribution in [2.75, 3.05) is 12.4 Å². The Labute approximate surface area is 140 Å². The highest BCUT2D eigenvalue weighted by Crippen LogP contribution is 2.21. The number of carbonyl (C=O) groups excluding carboxylic acids is 2. The molecule has 0 unspecified atom stereocenters. The van der Waals surface area contributed by atoms with Crippen molar-refractivity contribution in [2.24, 2.45) is 0 Å². The van der Waals surface area contributed by atoms with E-state index in [1.54, 1.807) is 24.3 Å². The molecule has 1 aliphatic carbocycles. The molecule has 1 aromatic rings. The predicted molar refractivity (Wildman–Crippen MR) is 87.9 cm³/mol. The van der Waals surface area contributed by atoms with Crippen LogP contribution in [0.5, 0.6) is 0 Å². The number of hydrogen-bond acceptors (Lipinski definition) is 4. The first-order chi connectivity index (χ1) is 11.5. The number of benzene rings is 1. The number of hydrogen-bond donors (Lipinski definition) is 2. The molecule has 0 saturated heterocycles. The average Bonchev–Trinajstić information content (AvgIpc) is 2.56. The van der Waals surface area contributed by atoms with Crippen LogP contribution in [0.3, 0.4) is 0 Å². The summed E-state index contributed by atoms with van der Waals surface area (Å²) in [6.07, 6.45) is 3.78. The first kappa shape index (κ1) is 17.8. The van der Waals surface area contributed by atoms with Crippen molar-refractivity contribution in [1.29, 1.82) is 0 Å². The molecule has 3 amide bonds. The summed E-state index contributed by atoms with van der Waals surface area (Å²) >= 11 is 0. The van der Waals surface area contributed by atoms with E-state index in [9.17, 15) is 14.4 Å². The first-order valence-corrected chi connectivity index (χ1v) is 8.02. The molecular weight excluding hydrogens is 312 g/mol. The lowest BCUT2D eigenvalue weighted by atomic mass is 9.98. The summed E-state index contributed by atoms with van der Waals surface area (Å²) in [4.78, 5) is 36.0. The molecule has 0 atom stereocenters. The number of anilines is 1. The second kappa shape index (κ2) is 8.33. The van der Waals surface area contributed by atoms with Crippen LogP contribution in [0.15, 0.2) is 24.3 Å². The SMILES string of the molecule is CN(C(=O)Nc1ccccc1CC(=O)O)C(=O)OC1CCCCC1. The lowest BCUT2D eigenvalue weighted by Gasteiger charge is -2.24. The number of imide groups is 1. The molecule has 130 valence electrons. The van der Waals surface area contributed by atoms with E-state index in [0.29, 0.717) is 11.3 Å². The minimum absolute atomic E-state index is 0.138. The normalized spacial score (nSPS) is 14.7. The highest BCUT2D eigenvalue weighted by Gasteiger charge is 2.24. The molecule has 2 N–H and O–H groups in total. The molecule has 1 fully saturated rings. The molecular formula is C17H22N2O5. The van der Waals surface area contributed by atoms with Crippen molar-refractivity contribution < 1.29 is 24.2 Å². The standard InChI is InChI=1S/C17H22N2O5/c1-19(17(23)24-13-8-3-2-4-9-13)16(22)18-14-10-6-5-7-12(14)11-15(20)21/h5-7,10,13H,2-4,8-9,11H2,1H3,(H,18,22)(H,20,21). The van der Waals surface area contributed by atoms with Gasteiger partial charge in [-0.1, -0.05) is 24.6 Å². The van der Waals surface area contributed by atoms with Gasteiger partial charge in [0.05, 0.1) is 6.42 Å². The predicted octanol–water partition coefficient (Wildman–Crippen LogP) is 3.25. The van der Waals surface area contributed by atoms with E-state index in [0.717, 1.165) is 37.0 Å². The first-order valence-electron chi connectivity index (χ1n) is 8.02. The molecule has 0 heterocycles. The van der Waals surface area contributed by atoms with Crippen molar-refractivity contribution in [3.05, 3.63) is 29.8 Å². The molecule has 24 heavy (non-hydrogen) atoms. The number of carboxylic acid groups (broad SMARTS) is 1. The zero-order valence-electron chi connectivity index (χ0n) is 13.7. The lowest BCUT2D eigenvalue weighted by Crippen LogP contribution is -2.39.